The Hall–Kier alpha value is -2.53. The number of ketones is 2. The number of ether oxygens (including phenoxy) is 1. The first-order valence-corrected chi connectivity index (χ1v) is 8.21. The molecule has 2 aromatic rings. The third-order valence-corrected chi connectivity index (χ3v) is 4.29. The SMILES string of the molecule is CCOC(=O)[C@@](O)(CC(C)=O)[C@H](C)C(=O)c1ccc2ccccc2c1. The monoisotopic (exact) mass is 342 g/mol. The maximum absolute atomic E-state index is 12.8. The zero-order valence-electron chi connectivity index (χ0n) is 14.6. The second-order valence-electron chi connectivity index (χ2n) is 6.17. The molecule has 0 radical (unpaired) electrons. The maximum atomic E-state index is 12.8. The largest absolute Gasteiger partial charge is 0.464 e. The molecule has 0 amide bonds. The van der Waals surface area contributed by atoms with Crippen molar-refractivity contribution < 1.29 is 24.2 Å². The average Bonchev–Trinajstić information content (AvgIpc) is 2.59. The molecule has 0 aliphatic carbocycles. The number of esters is 1. The summed E-state index contributed by atoms with van der Waals surface area (Å²) in [5.74, 6) is -2.88. The van der Waals surface area contributed by atoms with Crippen LogP contribution in [0.3, 0.4) is 0 Å². The molecule has 0 saturated heterocycles. The minimum atomic E-state index is -2.18. The van der Waals surface area contributed by atoms with E-state index in [0.29, 0.717) is 5.56 Å². The highest BCUT2D eigenvalue weighted by Crippen LogP contribution is 2.28. The topological polar surface area (TPSA) is 80.7 Å². The molecule has 0 unspecified atom stereocenters. The Bertz CT molecular complexity index is 811. The lowest BCUT2D eigenvalue weighted by atomic mass is 9.79. The Labute approximate surface area is 146 Å². The van der Waals surface area contributed by atoms with E-state index in [-0.39, 0.29) is 6.61 Å². The van der Waals surface area contributed by atoms with Crippen molar-refractivity contribution in [1.82, 2.24) is 0 Å². The summed E-state index contributed by atoms with van der Waals surface area (Å²) >= 11 is 0. The number of Topliss-reactive ketones (excluding diaryl/α,β-unsaturated/α-hetero) is 2. The van der Waals surface area contributed by atoms with Crippen LogP contribution in [0.25, 0.3) is 10.8 Å². The molecule has 2 rings (SSSR count). The number of carbonyl (C=O) groups excluding carboxylic acids is 3. The van der Waals surface area contributed by atoms with Gasteiger partial charge in [-0.3, -0.25) is 9.59 Å². The molecule has 0 fully saturated rings. The van der Waals surface area contributed by atoms with Crippen molar-refractivity contribution in [1.29, 1.82) is 0 Å². The van der Waals surface area contributed by atoms with Crippen LogP contribution in [0.2, 0.25) is 0 Å². The normalized spacial score (nSPS) is 14.6. The fraction of sp³-hybridized carbons (Fsp3) is 0.350. The van der Waals surface area contributed by atoms with E-state index in [1.165, 1.54) is 13.8 Å². The molecule has 2 aromatic carbocycles. The first kappa shape index (κ1) is 18.8. The summed E-state index contributed by atoms with van der Waals surface area (Å²) in [6.45, 7) is 4.35. The van der Waals surface area contributed by atoms with Gasteiger partial charge in [-0.25, -0.2) is 4.79 Å². The molecule has 0 spiro atoms. The van der Waals surface area contributed by atoms with E-state index < -0.39 is 35.5 Å². The van der Waals surface area contributed by atoms with Crippen LogP contribution < -0.4 is 0 Å². The third-order valence-electron chi connectivity index (χ3n) is 4.29. The van der Waals surface area contributed by atoms with E-state index in [9.17, 15) is 19.5 Å². The first-order chi connectivity index (χ1) is 11.8. The Morgan fingerprint density at radius 1 is 1.12 bits per heavy atom. The second kappa shape index (κ2) is 7.57. The molecule has 0 aliphatic heterocycles. The number of rotatable bonds is 7. The predicted molar refractivity (Wildman–Crippen MR) is 94.3 cm³/mol. The zero-order chi connectivity index (χ0) is 18.6. The van der Waals surface area contributed by atoms with Crippen molar-refractivity contribution in [2.24, 2.45) is 5.92 Å². The fourth-order valence-electron chi connectivity index (χ4n) is 2.85. The number of hydrogen-bond acceptors (Lipinski definition) is 5. The third kappa shape index (κ3) is 3.94. The van der Waals surface area contributed by atoms with Gasteiger partial charge in [0.1, 0.15) is 5.78 Å². The van der Waals surface area contributed by atoms with E-state index in [2.05, 4.69) is 0 Å². The molecule has 0 saturated carbocycles. The van der Waals surface area contributed by atoms with Crippen LogP contribution in [-0.4, -0.2) is 34.9 Å². The summed E-state index contributed by atoms with van der Waals surface area (Å²) in [6, 6.07) is 12.8. The average molecular weight is 342 g/mol. The minimum absolute atomic E-state index is 0.0515. The van der Waals surface area contributed by atoms with Crippen molar-refractivity contribution in [2.45, 2.75) is 32.8 Å². The molecule has 5 nitrogen and oxygen atoms in total. The molecule has 132 valence electrons. The lowest BCUT2D eigenvalue weighted by Crippen LogP contribution is -2.50. The van der Waals surface area contributed by atoms with Crippen LogP contribution >= 0.6 is 0 Å². The van der Waals surface area contributed by atoms with Crippen LogP contribution in [-0.2, 0) is 14.3 Å². The Balaban J connectivity index is 2.38. The molecule has 0 bridgehead atoms. The van der Waals surface area contributed by atoms with Crippen molar-refractivity contribution in [3.63, 3.8) is 0 Å². The van der Waals surface area contributed by atoms with Crippen LogP contribution in [0.5, 0.6) is 0 Å². The molecule has 1 N–H and O–H groups in total. The van der Waals surface area contributed by atoms with Gasteiger partial charge in [0.15, 0.2) is 11.4 Å². The smallest absolute Gasteiger partial charge is 0.339 e. The van der Waals surface area contributed by atoms with Gasteiger partial charge in [0.2, 0.25) is 0 Å². The van der Waals surface area contributed by atoms with Crippen LogP contribution in [0, 0.1) is 5.92 Å². The van der Waals surface area contributed by atoms with Gasteiger partial charge in [-0.15, -0.1) is 0 Å². The van der Waals surface area contributed by atoms with Gasteiger partial charge >= 0.3 is 5.97 Å². The Morgan fingerprint density at radius 2 is 1.76 bits per heavy atom. The van der Waals surface area contributed by atoms with Crippen molar-refractivity contribution >= 4 is 28.3 Å². The molecule has 0 heterocycles. The molecule has 2 atom stereocenters. The number of fused-ring (bicyclic) bond motifs is 1. The number of hydrogen-bond donors (Lipinski definition) is 1. The number of benzene rings is 2. The minimum Gasteiger partial charge on any atom is -0.464 e. The zero-order valence-corrected chi connectivity index (χ0v) is 14.6. The van der Waals surface area contributed by atoms with Gasteiger partial charge in [0.25, 0.3) is 0 Å². The maximum Gasteiger partial charge on any atom is 0.339 e. The van der Waals surface area contributed by atoms with Crippen molar-refractivity contribution in [2.75, 3.05) is 6.61 Å². The summed E-state index contributed by atoms with van der Waals surface area (Å²) in [4.78, 5) is 36.6. The van der Waals surface area contributed by atoms with Crippen LogP contribution in [0.4, 0.5) is 0 Å². The summed E-state index contributed by atoms with van der Waals surface area (Å²) in [5.41, 5.74) is -1.80. The van der Waals surface area contributed by atoms with E-state index in [4.69, 9.17) is 4.74 Å². The van der Waals surface area contributed by atoms with Crippen LogP contribution in [0.15, 0.2) is 42.5 Å². The summed E-state index contributed by atoms with van der Waals surface area (Å²) in [6.07, 6.45) is -0.466. The van der Waals surface area contributed by atoms with Gasteiger partial charge in [0, 0.05) is 12.0 Å². The van der Waals surface area contributed by atoms with Gasteiger partial charge in [0.05, 0.1) is 12.5 Å². The van der Waals surface area contributed by atoms with Gasteiger partial charge in [-0.05, 0) is 30.7 Å². The molecule has 25 heavy (non-hydrogen) atoms. The van der Waals surface area contributed by atoms with Gasteiger partial charge in [-0.2, -0.15) is 0 Å². The lowest BCUT2D eigenvalue weighted by Gasteiger charge is -2.30. The standard InChI is InChI=1S/C20H22O5/c1-4-25-19(23)20(24,12-13(2)21)14(3)18(22)17-10-9-15-7-5-6-8-16(15)11-17/h5-11,14,24H,4,12H2,1-3H3/t14-,20-/m1/s1. The summed E-state index contributed by atoms with van der Waals surface area (Å²) < 4.78 is 4.89. The number of aliphatic hydroxyl groups is 1. The van der Waals surface area contributed by atoms with Crippen molar-refractivity contribution in [3.8, 4) is 0 Å². The summed E-state index contributed by atoms with van der Waals surface area (Å²) in [5, 5.41) is 12.6. The number of carbonyl (C=O) groups is 3. The molecule has 0 aliphatic rings. The van der Waals surface area contributed by atoms with E-state index in [1.54, 1.807) is 19.1 Å². The molecule has 5 heteroatoms. The molecule has 0 aromatic heterocycles. The Kier molecular flexibility index (Phi) is 5.69. The first-order valence-electron chi connectivity index (χ1n) is 8.21. The quantitative estimate of drug-likeness (QED) is 0.618. The Morgan fingerprint density at radius 3 is 2.36 bits per heavy atom. The second-order valence-corrected chi connectivity index (χ2v) is 6.17. The van der Waals surface area contributed by atoms with Crippen LogP contribution in [0.1, 0.15) is 37.6 Å². The van der Waals surface area contributed by atoms with E-state index in [1.807, 2.05) is 30.3 Å². The molecular weight excluding hydrogens is 320 g/mol. The highest BCUT2D eigenvalue weighted by Gasteiger charge is 2.47. The van der Waals surface area contributed by atoms with E-state index >= 15 is 0 Å². The van der Waals surface area contributed by atoms with E-state index in [0.717, 1.165) is 10.8 Å². The van der Waals surface area contributed by atoms with Crippen molar-refractivity contribution in [3.05, 3.63) is 48.0 Å². The highest BCUT2D eigenvalue weighted by atomic mass is 16.5. The predicted octanol–water partition coefficient (Wildman–Crippen LogP) is 2.93. The fourth-order valence-corrected chi connectivity index (χ4v) is 2.85. The summed E-state index contributed by atoms with van der Waals surface area (Å²) in [7, 11) is 0. The lowest BCUT2D eigenvalue weighted by molar-refractivity contribution is -0.171. The van der Waals surface area contributed by atoms with Gasteiger partial charge in [-0.1, -0.05) is 43.3 Å². The highest BCUT2D eigenvalue weighted by molar-refractivity contribution is 6.05. The van der Waals surface area contributed by atoms with Gasteiger partial charge < -0.3 is 9.84 Å². The molecular formula is C20H22O5.